The fourth-order valence-electron chi connectivity index (χ4n) is 3.88. The third-order valence-corrected chi connectivity index (χ3v) is 5.31. The fraction of sp³-hybridized carbons (Fsp3) is 0.368. The van der Waals surface area contributed by atoms with Crippen molar-refractivity contribution in [1.29, 1.82) is 0 Å². The summed E-state index contributed by atoms with van der Waals surface area (Å²) in [5.74, 6) is 1.21. The number of aryl methyl sites for hydroxylation is 1. The van der Waals surface area contributed by atoms with Gasteiger partial charge in [-0.1, -0.05) is 19.9 Å². The van der Waals surface area contributed by atoms with Crippen LogP contribution in [0.5, 0.6) is 0 Å². The van der Waals surface area contributed by atoms with E-state index < -0.39 is 5.66 Å². The van der Waals surface area contributed by atoms with Crippen molar-refractivity contribution in [2.24, 2.45) is 11.8 Å². The number of hydrogen-bond donors (Lipinski definition) is 3. The zero-order chi connectivity index (χ0) is 19.3. The SMILES string of the molecule is Cc1cc(Nc2cc(N)ncn2)c(=O)n2c1C(=O)NC21C=CC(C(C)C)C1. The number of nitrogen functional groups attached to an aromatic ring is 1. The molecule has 0 radical (unpaired) electrons. The van der Waals surface area contributed by atoms with E-state index in [1.807, 2.05) is 13.0 Å². The highest BCUT2D eigenvalue weighted by molar-refractivity contribution is 5.97. The first-order valence-electron chi connectivity index (χ1n) is 8.94. The smallest absolute Gasteiger partial charge is 0.277 e. The number of allylic oxidation sites excluding steroid dienone is 1. The molecule has 2 unspecified atom stereocenters. The molecule has 2 aromatic rings. The second kappa shape index (κ2) is 5.94. The molecule has 140 valence electrons. The van der Waals surface area contributed by atoms with Gasteiger partial charge in [-0.25, -0.2) is 9.97 Å². The number of amides is 1. The summed E-state index contributed by atoms with van der Waals surface area (Å²) in [6.45, 7) is 6.09. The summed E-state index contributed by atoms with van der Waals surface area (Å²) < 4.78 is 1.58. The van der Waals surface area contributed by atoms with E-state index in [0.29, 0.717) is 41.3 Å². The van der Waals surface area contributed by atoms with Crippen molar-refractivity contribution >= 4 is 23.2 Å². The summed E-state index contributed by atoms with van der Waals surface area (Å²) in [5, 5.41) is 6.04. The van der Waals surface area contributed by atoms with Crippen molar-refractivity contribution in [1.82, 2.24) is 19.9 Å². The topological polar surface area (TPSA) is 115 Å². The van der Waals surface area contributed by atoms with E-state index in [1.54, 1.807) is 16.7 Å². The van der Waals surface area contributed by atoms with Crippen molar-refractivity contribution in [3.63, 3.8) is 0 Å². The van der Waals surface area contributed by atoms with Gasteiger partial charge in [-0.3, -0.25) is 14.2 Å². The van der Waals surface area contributed by atoms with Gasteiger partial charge >= 0.3 is 0 Å². The quantitative estimate of drug-likeness (QED) is 0.715. The van der Waals surface area contributed by atoms with E-state index >= 15 is 0 Å². The average molecular weight is 366 g/mol. The van der Waals surface area contributed by atoms with Crippen molar-refractivity contribution in [3.8, 4) is 0 Å². The minimum absolute atomic E-state index is 0.225. The standard InChI is InChI=1S/C19H22N6O2/c1-10(2)12-4-5-19(8-12)24-17(26)16-11(3)6-13(18(27)25(16)19)23-15-7-14(20)21-9-22-15/h4-7,9-10,12H,8H2,1-3H3,(H,24,26)(H3,20,21,22,23). The van der Waals surface area contributed by atoms with Crippen molar-refractivity contribution in [3.05, 3.63) is 52.2 Å². The van der Waals surface area contributed by atoms with E-state index in [2.05, 4.69) is 40.5 Å². The molecule has 8 heteroatoms. The molecule has 0 aromatic carbocycles. The lowest BCUT2D eigenvalue weighted by Crippen LogP contribution is -2.45. The lowest BCUT2D eigenvalue weighted by atomic mass is 9.93. The summed E-state index contributed by atoms with van der Waals surface area (Å²) in [5.41, 5.74) is 6.06. The van der Waals surface area contributed by atoms with Crippen LogP contribution in [0, 0.1) is 18.8 Å². The second-order valence-corrected chi connectivity index (χ2v) is 7.53. The van der Waals surface area contributed by atoms with E-state index in [4.69, 9.17) is 5.73 Å². The maximum Gasteiger partial charge on any atom is 0.277 e. The highest BCUT2D eigenvalue weighted by Gasteiger charge is 2.47. The summed E-state index contributed by atoms with van der Waals surface area (Å²) in [7, 11) is 0. The van der Waals surface area contributed by atoms with Gasteiger partial charge in [0.05, 0.1) is 0 Å². The van der Waals surface area contributed by atoms with Gasteiger partial charge in [0, 0.05) is 12.5 Å². The largest absolute Gasteiger partial charge is 0.384 e. The molecule has 3 heterocycles. The van der Waals surface area contributed by atoms with E-state index in [0.717, 1.165) is 5.56 Å². The number of carbonyl (C=O) groups is 1. The van der Waals surface area contributed by atoms with Crippen LogP contribution in [-0.2, 0) is 5.66 Å². The molecule has 0 saturated carbocycles. The van der Waals surface area contributed by atoms with Gasteiger partial charge in [0.25, 0.3) is 11.5 Å². The van der Waals surface area contributed by atoms with Gasteiger partial charge in [-0.15, -0.1) is 0 Å². The Bertz CT molecular complexity index is 1030. The highest BCUT2D eigenvalue weighted by atomic mass is 16.2. The minimum Gasteiger partial charge on any atom is -0.384 e. The van der Waals surface area contributed by atoms with E-state index in [9.17, 15) is 9.59 Å². The monoisotopic (exact) mass is 366 g/mol. The van der Waals surface area contributed by atoms with Crippen LogP contribution in [0.3, 0.4) is 0 Å². The van der Waals surface area contributed by atoms with Crippen LogP contribution in [0.25, 0.3) is 0 Å². The van der Waals surface area contributed by atoms with Gasteiger partial charge in [0.15, 0.2) is 0 Å². The van der Waals surface area contributed by atoms with E-state index in [1.165, 1.54) is 6.33 Å². The molecule has 2 atom stereocenters. The van der Waals surface area contributed by atoms with Crippen molar-refractivity contribution < 1.29 is 4.79 Å². The van der Waals surface area contributed by atoms with Gasteiger partial charge in [0.1, 0.15) is 35.0 Å². The fourth-order valence-corrected chi connectivity index (χ4v) is 3.88. The number of aromatic nitrogens is 3. The maximum atomic E-state index is 13.3. The molecule has 4 rings (SSSR count). The summed E-state index contributed by atoms with van der Waals surface area (Å²) in [6.07, 6.45) is 6.02. The van der Waals surface area contributed by atoms with Gasteiger partial charge < -0.3 is 16.4 Å². The number of hydrogen-bond acceptors (Lipinski definition) is 6. The Kier molecular flexibility index (Phi) is 3.80. The molecule has 0 saturated heterocycles. The molecular formula is C19H22N6O2. The van der Waals surface area contributed by atoms with Crippen LogP contribution < -0.4 is 21.9 Å². The maximum absolute atomic E-state index is 13.3. The lowest BCUT2D eigenvalue weighted by molar-refractivity contribution is 0.0932. The molecule has 1 aliphatic heterocycles. The Morgan fingerprint density at radius 3 is 2.78 bits per heavy atom. The molecule has 8 nitrogen and oxygen atoms in total. The molecule has 2 aliphatic rings. The van der Waals surface area contributed by atoms with Crippen LogP contribution in [-0.4, -0.2) is 20.4 Å². The third kappa shape index (κ3) is 2.68. The van der Waals surface area contributed by atoms with Crippen molar-refractivity contribution in [2.75, 3.05) is 11.1 Å². The Morgan fingerprint density at radius 1 is 1.33 bits per heavy atom. The Hall–Kier alpha value is -3.16. The molecule has 1 spiro atoms. The number of carbonyl (C=O) groups excluding carboxylic acids is 1. The van der Waals surface area contributed by atoms with Crippen LogP contribution in [0.2, 0.25) is 0 Å². The molecule has 1 aliphatic carbocycles. The zero-order valence-corrected chi connectivity index (χ0v) is 15.5. The molecule has 27 heavy (non-hydrogen) atoms. The predicted molar refractivity (Wildman–Crippen MR) is 103 cm³/mol. The molecule has 2 aromatic heterocycles. The molecule has 1 amide bonds. The van der Waals surface area contributed by atoms with Crippen LogP contribution in [0.4, 0.5) is 17.3 Å². The first-order valence-corrected chi connectivity index (χ1v) is 8.94. The van der Waals surface area contributed by atoms with Crippen LogP contribution in [0.1, 0.15) is 36.3 Å². The third-order valence-electron chi connectivity index (χ3n) is 5.31. The number of nitrogens with two attached hydrogens (primary N) is 1. The minimum atomic E-state index is -0.814. The number of fused-ring (bicyclic) bond motifs is 2. The molecule has 0 fully saturated rings. The van der Waals surface area contributed by atoms with Gasteiger partial charge in [0.2, 0.25) is 0 Å². The predicted octanol–water partition coefficient (Wildman–Crippen LogP) is 1.90. The molecular weight excluding hydrogens is 344 g/mol. The first-order chi connectivity index (χ1) is 12.8. The Morgan fingerprint density at radius 2 is 2.11 bits per heavy atom. The van der Waals surface area contributed by atoms with Crippen molar-refractivity contribution in [2.45, 2.75) is 32.9 Å². The van der Waals surface area contributed by atoms with Gasteiger partial charge in [-0.05, 0) is 36.5 Å². The number of nitrogens with one attached hydrogen (secondary N) is 2. The molecule has 4 N–H and O–H groups in total. The number of anilines is 3. The second-order valence-electron chi connectivity index (χ2n) is 7.53. The zero-order valence-electron chi connectivity index (χ0n) is 15.5. The summed E-state index contributed by atoms with van der Waals surface area (Å²) in [6, 6.07) is 3.22. The Balaban J connectivity index is 1.82. The average Bonchev–Trinajstić information content (AvgIpc) is 3.14. The summed E-state index contributed by atoms with van der Waals surface area (Å²) in [4.78, 5) is 33.9. The van der Waals surface area contributed by atoms with E-state index in [-0.39, 0.29) is 11.5 Å². The van der Waals surface area contributed by atoms with Gasteiger partial charge in [-0.2, -0.15) is 0 Å². The normalized spacial score (nSPS) is 23.1. The lowest BCUT2D eigenvalue weighted by Gasteiger charge is -2.27. The number of pyridine rings is 1. The number of rotatable bonds is 3. The van der Waals surface area contributed by atoms with Crippen LogP contribution >= 0.6 is 0 Å². The first kappa shape index (κ1) is 17.3. The summed E-state index contributed by atoms with van der Waals surface area (Å²) >= 11 is 0. The van der Waals surface area contributed by atoms with Crippen LogP contribution in [0.15, 0.2) is 35.4 Å². The molecule has 0 bridgehead atoms. The highest BCUT2D eigenvalue weighted by Crippen LogP contribution is 2.39. The Labute approximate surface area is 156 Å². The number of nitrogens with zero attached hydrogens (tertiary/aromatic N) is 3.